The molecule has 3 atom stereocenters. The first-order chi connectivity index (χ1) is 7.58. The maximum absolute atomic E-state index is 11.6. The zero-order valence-electron chi connectivity index (χ0n) is 8.99. The molecule has 84 valence electrons. The molecule has 0 radical (unpaired) electrons. The zero-order valence-corrected chi connectivity index (χ0v) is 8.99. The first-order valence-corrected chi connectivity index (χ1v) is 5.40. The van der Waals surface area contributed by atoms with Gasteiger partial charge in [-0.1, -0.05) is 6.58 Å². The number of rotatable bonds is 2. The second-order valence-corrected chi connectivity index (χ2v) is 4.67. The molecule has 4 nitrogen and oxygen atoms in total. The van der Waals surface area contributed by atoms with Crippen molar-refractivity contribution in [1.29, 1.82) is 0 Å². The van der Waals surface area contributed by atoms with E-state index in [4.69, 9.17) is 9.47 Å². The van der Waals surface area contributed by atoms with Crippen LogP contribution in [0.15, 0.2) is 23.5 Å². The predicted octanol–water partition coefficient (Wildman–Crippen LogP) is 1.32. The summed E-state index contributed by atoms with van der Waals surface area (Å²) < 4.78 is 10.4. The monoisotopic (exact) mass is 220 g/mol. The predicted molar refractivity (Wildman–Crippen MR) is 54.0 cm³/mol. The van der Waals surface area contributed by atoms with Gasteiger partial charge >= 0.3 is 11.9 Å². The van der Waals surface area contributed by atoms with Gasteiger partial charge in [0.1, 0.15) is 11.9 Å². The molecule has 3 unspecified atom stereocenters. The Bertz CT molecular complexity index is 446. The van der Waals surface area contributed by atoms with Crippen molar-refractivity contribution >= 4 is 11.9 Å². The highest BCUT2D eigenvalue weighted by Gasteiger charge is 2.56. The van der Waals surface area contributed by atoms with E-state index in [1.807, 2.05) is 0 Å². The van der Waals surface area contributed by atoms with Gasteiger partial charge in [0.15, 0.2) is 0 Å². The molecule has 3 rings (SSSR count). The fourth-order valence-corrected chi connectivity index (χ4v) is 2.83. The molecular formula is C12H12O4. The van der Waals surface area contributed by atoms with Gasteiger partial charge in [0.25, 0.3) is 0 Å². The van der Waals surface area contributed by atoms with Crippen molar-refractivity contribution in [2.45, 2.75) is 25.9 Å². The summed E-state index contributed by atoms with van der Waals surface area (Å²) in [7, 11) is 0. The lowest BCUT2D eigenvalue weighted by atomic mass is 9.98. The number of hydrogen-bond donors (Lipinski definition) is 0. The molecule has 1 heterocycles. The van der Waals surface area contributed by atoms with E-state index >= 15 is 0 Å². The van der Waals surface area contributed by atoms with Gasteiger partial charge in [-0.3, -0.25) is 0 Å². The van der Waals surface area contributed by atoms with Crippen molar-refractivity contribution in [3.63, 3.8) is 0 Å². The number of ether oxygens (including phenoxy) is 2. The lowest BCUT2D eigenvalue weighted by Gasteiger charge is -2.14. The van der Waals surface area contributed by atoms with Crippen molar-refractivity contribution in [3.05, 3.63) is 23.5 Å². The number of carbonyl (C=O) groups is 2. The van der Waals surface area contributed by atoms with Crippen LogP contribution in [0.3, 0.4) is 0 Å². The number of allylic oxidation sites excluding steroid dienone is 1. The molecule has 0 N–H and O–H groups in total. The van der Waals surface area contributed by atoms with Crippen LogP contribution in [-0.2, 0) is 19.1 Å². The quantitative estimate of drug-likeness (QED) is 0.520. The second kappa shape index (κ2) is 2.97. The van der Waals surface area contributed by atoms with E-state index in [0.29, 0.717) is 16.9 Å². The number of fused-ring (bicyclic) bond motifs is 1. The SMILES string of the molecule is C=C(C)C(=O)OC1=C2C(=O)OC3CC1CC23. The molecule has 0 amide bonds. The largest absolute Gasteiger partial charge is 0.458 e. The zero-order chi connectivity index (χ0) is 11.4. The molecule has 4 heteroatoms. The fourth-order valence-electron chi connectivity index (χ4n) is 2.83. The molecule has 2 aliphatic carbocycles. The first kappa shape index (κ1) is 9.63. The van der Waals surface area contributed by atoms with Crippen molar-refractivity contribution in [1.82, 2.24) is 0 Å². The van der Waals surface area contributed by atoms with Crippen LogP contribution in [0, 0.1) is 11.8 Å². The second-order valence-electron chi connectivity index (χ2n) is 4.67. The average molecular weight is 220 g/mol. The van der Waals surface area contributed by atoms with Gasteiger partial charge in [-0.2, -0.15) is 0 Å². The Kier molecular flexibility index (Phi) is 1.79. The summed E-state index contributed by atoms with van der Waals surface area (Å²) in [6.07, 6.45) is 1.70. The van der Waals surface area contributed by atoms with E-state index < -0.39 is 5.97 Å². The first-order valence-electron chi connectivity index (χ1n) is 5.40. The van der Waals surface area contributed by atoms with Crippen LogP contribution in [-0.4, -0.2) is 18.0 Å². The molecule has 1 aliphatic heterocycles. The maximum atomic E-state index is 11.6. The van der Waals surface area contributed by atoms with Crippen molar-refractivity contribution in [3.8, 4) is 0 Å². The highest BCUT2D eigenvalue weighted by Crippen LogP contribution is 2.54. The summed E-state index contributed by atoms with van der Waals surface area (Å²) in [5, 5.41) is 0. The third-order valence-electron chi connectivity index (χ3n) is 3.54. The van der Waals surface area contributed by atoms with E-state index in [1.165, 1.54) is 0 Å². The summed E-state index contributed by atoms with van der Waals surface area (Å²) >= 11 is 0. The number of hydrogen-bond acceptors (Lipinski definition) is 4. The Balaban J connectivity index is 1.93. The Labute approximate surface area is 92.9 Å². The summed E-state index contributed by atoms with van der Waals surface area (Å²) in [4.78, 5) is 23.0. The maximum Gasteiger partial charge on any atom is 0.338 e. The molecule has 2 fully saturated rings. The molecule has 0 aromatic carbocycles. The lowest BCUT2D eigenvalue weighted by molar-refractivity contribution is -0.138. The van der Waals surface area contributed by atoms with Crippen LogP contribution in [0.4, 0.5) is 0 Å². The van der Waals surface area contributed by atoms with Crippen LogP contribution < -0.4 is 0 Å². The van der Waals surface area contributed by atoms with Gasteiger partial charge in [0.2, 0.25) is 0 Å². The molecule has 0 aromatic heterocycles. The molecule has 2 bridgehead atoms. The third-order valence-corrected chi connectivity index (χ3v) is 3.54. The number of carbonyl (C=O) groups excluding carboxylic acids is 2. The van der Waals surface area contributed by atoms with Gasteiger partial charge in [0.05, 0.1) is 5.57 Å². The Morgan fingerprint density at radius 3 is 2.94 bits per heavy atom. The highest BCUT2D eigenvalue weighted by atomic mass is 16.6. The van der Waals surface area contributed by atoms with Gasteiger partial charge in [0, 0.05) is 17.4 Å². The third kappa shape index (κ3) is 1.10. The Morgan fingerprint density at radius 1 is 1.50 bits per heavy atom. The van der Waals surface area contributed by atoms with Crippen molar-refractivity contribution in [2.75, 3.05) is 0 Å². The minimum absolute atomic E-state index is 0.0276. The summed E-state index contributed by atoms with van der Waals surface area (Å²) in [6.45, 7) is 5.12. The normalized spacial score (nSPS) is 34.3. The topological polar surface area (TPSA) is 52.6 Å². The summed E-state index contributed by atoms with van der Waals surface area (Å²) in [5.74, 6) is 0.118. The minimum atomic E-state index is -0.452. The van der Waals surface area contributed by atoms with Gasteiger partial charge in [-0.05, 0) is 19.8 Å². The molecule has 1 saturated carbocycles. The molecule has 1 saturated heterocycles. The molecular weight excluding hydrogens is 208 g/mol. The smallest absolute Gasteiger partial charge is 0.338 e. The van der Waals surface area contributed by atoms with Crippen LogP contribution >= 0.6 is 0 Å². The van der Waals surface area contributed by atoms with Crippen LogP contribution in [0.25, 0.3) is 0 Å². The van der Waals surface area contributed by atoms with E-state index in [-0.39, 0.29) is 23.9 Å². The Morgan fingerprint density at radius 2 is 2.25 bits per heavy atom. The van der Waals surface area contributed by atoms with Gasteiger partial charge in [-0.25, -0.2) is 9.59 Å². The van der Waals surface area contributed by atoms with Gasteiger partial charge in [-0.15, -0.1) is 0 Å². The van der Waals surface area contributed by atoms with Crippen LogP contribution in [0.5, 0.6) is 0 Å². The van der Waals surface area contributed by atoms with E-state index in [0.717, 1.165) is 12.8 Å². The van der Waals surface area contributed by atoms with Crippen molar-refractivity contribution in [2.24, 2.45) is 11.8 Å². The Hall–Kier alpha value is -1.58. The van der Waals surface area contributed by atoms with E-state index in [1.54, 1.807) is 6.92 Å². The number of esters is 2. The summed E-state index contributed by atoms with van der Waals surface area (Å²) in [5.41, 5.74) is 0.939. The van der Waals surface area contributed by atoms with E-state index in [2.05, 4.69) is 6.58 Å². The fraction of sp³-hybridized carbons (Fsp3) is 0.500. The minimum Gasteiger partial charge on any atom is -0.458 e. The van der Waals surface area contributed by atoms with Crippen LogP contribution in [0.2, 0.25) is 0 Å². The standard InChI is InChI=1S/C12H12O4/c1-5(2)11(13)16-10-6-3-7-8(4-6)15-12(14)9(7)10/h6-8H,1,3-4H2,2H3. The molecule has 0 spiro atoms. The summed E-state index contributed by atoms with van der Waals surface area (Å²) in [6, 6.07) is 0. The van der Waals surface area contributed by atoms with Gasteiger partial charge < -0.3 is 9.47 Å². The molecule has 0 aromatic rings. The average Bonchev–Trinajstić information content (AvgIpc) is 2.78. The lowest BCUT2D eigenvalue weighted by Crippen LogP contribution is -2.15. The van der Waals surface area contributed by atoms with Crippen LogP contribution in [0.1, 0.15) is 19.8 Å². The van der Waals surface area contributed by atoms with Crippen molar-refractivity contribution < 1.29 is 19.1 Å². The molecule has 16 heavy (non-hydrogen) atoms. The highest BCUT2D eigenvalue weighted by molar-refractivity contribution is 5.95. The molecule has 3 aliphatic rings. The van der Waals surface area contributed by atoms with E-state index in [9.17, 15) is 9.59 Å².